The third kappa shape index (κ3) is 4.21. The number of hydrogen-bond acceptors (Lipinski definition) is 4. The highest BCUT2D eigenvalue weighted by molar-refractivity contribution is 6.30. The molecule has 1 aliphatic heterocycles. The Hall–Kier alpha value is -3.32. The van der Waals surface area contributed by atoms with Crippen molar-refractivity contribution in [1.29, 1.82) is 0 Å². The Bertz CT molecular complexity index is 1260. The van der Waals surface area contributed by atoms with Crippen molar-refractivity contribution in [2.75, 3.05) is 19.7 Å². The van der Waals surface area contributed by atoms with Crippen LogP contribution in [0.5, 0.6) is 5.75 Å². The number of imidazole rings is 1. The van der Waals surface area contributed by atoms with Crippen LogP contribution in [-0.4, -0.2) is 50.3 Å². The molecule has 3 heterocycles. The molecule has 1 atom stereocenters. The average Bonchev–Trinajstić information content (AvgIpc) is 3.53. The molecule has 0 bridgehead atoms. The van der Waals surface area contributed by atoms with E-state index in [9.17, 15) is 4.79 Å². The van der Waals surface area contributed by atoms with Gasteiger partial charge >= 0.3 is 0 Å². The maximum absolute atomic E-state index is 13.0. The van der Waals surface area contributed by atoms with Crippen molar-refractivity contribution in [3.8, 4) is 5.75 Å². The van der Waals surface area contributed by atoms with Crippen molar-refractivity contribution in [2.24, 2.45) is 7.05 Å². The van der Waals surface area contributed by atoms with Crippen LogP contribution in [0.25, 0.3) is 11.0 Å². The van der Waals surface area contributed by atoms with E-state index in [0.29, 0.717) is 23.7 Å². The number of likely N-dealkylation sites (tertiary alicyclic amines) is 1. The number of aromatic nitrogens is 4. The van der Waals surface area contributed by atoms with Crippen molar-refractivity contribution in [3.05, 3.63) is 76.8 Å². The van der Waals surface area contributed by atoms with E-state index in [0.717, 1.165) is 47.6 Å². The quantitative estimate of drug-likeness (QED) is 0.478. The number of H-pyrrole nitrogens is 1. The van der Waals surface area contributed by atoms with Crippen LogP contribution in [0, 0.1) is 0 Å². The molecule has 5 rings (SSSR count). The summed E-state index contributed by atoms with van der Waals surface area (Å²) in [6, 6.07) is 15.2. The number of benzene rings is 2. The summed E-state index contributed by atoms with van der Waals surface area (Å²) in [7, 11) is 1.95. The fourth-order valence-corrected chi connectivity index (χ4v) is 4.37. The zero-order valence-electron chi connectivity index (χ0n) is 17.8. The number of rotatable bonds is 6. The lowest BCUT2D eigenvalue weighted by atomic mass is 10.0. The zero-order chi connectivity index (χ0) is 22.1. The predicted molar refractivity (Wildman–Crippen MR) is 123 cm³/mol. The topological polar surface area (TPSA) is 76.0 Å². The summed E-state index contributed by atoms with van der Waals surface area (Å²) in [6.45, 7) is 1.93. The number of hydrogen-bond donors (Lipinski definition) is 1. The molecule has 2 aromatic carbocycles. The van der Waals surface area contributed by atoms with Crippen molar-refractivity contribution in [2.45, 2.75) is 18.8 Å². The average molecular weight is 450 g/mol. The lowest BCUT2D eigenvalue weighted by molar-refractivity contribution is 0.0791. The molecule has 1 fully saturated rings. The highest BCUT2D eigenvalue weighted by atomic mass is 35.5. The van der Waals surface area contributed by atoms with Crippen LogP contribution >= 0.6 is 11.6 Å². The lowest BCUT2D eigenvalue weighted by Gasteiger charge is -2.16. The number of aryl methyl sites for hydroxylation is 1. The third-order valence-electron chi connectivity index (χ3n) is 5.95. The molecule has 7 nitrogen and oxygen atoms in total. The number of nitrogens with one attached hydrogen (secondary N) is 1. The smallest absolute Gasteiger partial charge is 0.253 e. The first kappa shape index (κ1) is 20.6. The summed E-state index contributed by atoms with van der Waals surface area (Å²) in [5.74, 6) is 1.04. The van der Waals surface area contributed by atoms with E-state index in [4.69, 9.17) is 16.3 Å². The van der Waals surface area contributed by atoms with Crippen molar-refractivity contribution in [1.82, 2.24) is 24.6 Å². The Labute approximate surface area is 191 Å². The van der Waals surface area contributed by atoms with Crippen LogP contribution in [0.3, 0.4) is 0 Å². The Morgan fingerprint density at radius 1 is 1.25 bits per heavy atom. The van der Waals surface area contributed by atoms with E-state index in [-0.39, 0.29) is 11.8 Å². The van der Waals surface area contributed by atoms with Gasteiger partial charge in [0.15, 0.2) is 0 Å². The molecule has 32 heavy (non-hydrogen) atoms. The van der Waals surface area contributed by atoms with E-state index in [1.54, 1.807) is 12.4 Å². The second-order valence-electron chi connectivity index (χ2n) is 8.17. The summed E-state index contributed by atoms with van der Waals surface area (Å²) < 4.78 is 7.71. The Balaban J connectivity index is 1.18. The molecular formula is C24H24ClN5O2. The molecule has 4 aromatic rings. The van der Waals surface area contributed by atoms with Crippen LogP contribution in [0.2, 0.25) is 5.02 Å². The summed E-state index contributed by atoms with van der Waals surface area (Å²) in [5, 5.41) is 8.26. The van der Waals surface area contributed by atoms with E-state index in [1.165, 1.54) is 0 Å². The minimum Gasteiger partial charge on any atom is -0.493 e. The van der Waals surface area contributed by atoms with E-state index in [2.05, 4.69) is 21.2 Å². The largest absolute Gasteiger partial charge is 0.493 e. The van der Waals surface area contributed by atoms with Gasteiger partial charge in [-0.25, -0.2) is 4.98 Å². The van der Waals surface area contributed by atoms with Gasteiger partial charge < -0.3 is 14.2 Å². The molecular weight excluding hydrogens is 426 g/mol. The molecule has 1 N–H and O–H groups in total. The summed E-state index contributed by atoms with van der Waals surface area (Å²) in [6.07, 6.45) is 3.39. The van der Waals surface area contributed by atoms with Crippen molar-refractivity contribution >= 4 is 28.5 Å². The minimum atomic E-state index is 0.0470. The van der Waals surface area contributed by atoms with E-state index >= 15 is 0 Å². The molecule has 0 spiro atoms. The maximum Gasteiger partial charge on any atom is 0.253 e. The Morgan fingerprint density at radius 2 is 2.16 bits per heavy atom. The lowest BCUT2D eigenvalue weighted by Crippen LogP contribution is -2.28. The SMILES string of the molecule is Cn1cnc2cc(C(=O)N3CC[C@@H](c4cc(CCOc5cccc(Cl)c5)[nH]n4)C3)ccc21. The monoisotopic (exact) mass is 449 g/mol. The number of amides is 1. The molecule has 0 saturated carbocycles. The van der Waals surface area contributed by atoms with E-state index < -0.39 is 0 Å². The molecule has 0 unspecified atom stereocenters. The van der Waals surface area contributed by atoms with Crippen LogP contribution in [0.15, 0.2) is 54.9 Å². The molecule has 8 heteroatoms. The number of carbonyl (C=O) groups excluding carboxylic acids is 1. The second kappa shape index (κ2) is 8.67. The third-order valence-corrected chi connectivity index (χ3v) is 6.19. The number of fused-ring (bicyclic) bond motifs is 1. The fraction of sp³-hybridized carbons (Fsp3) is 0.292. The van der Waals surface area contributed by atoms with Gasteiger partial charge in [0, 0.05) is 48.8 Å². The Morgan fingerprint density at radius 3 is 3.03 bits per heavy atom. The summed E-state index contributed by atoms with van der Waals surface area (Å²) in [5.41, 5.74) is 4.55. The van der Waals surface area contributed by atoms with Gasteiger partial charge in [-0.1, -0.05) is 17.7 Å². The number of ether oxygens (including phenoxy) is 1. The van der Waals surface area contributed by atoms with Gasteiger partial charge in [0.1, 0.15) is 5.75 Å². The van der Waals surface area contributed by atoms with Crippen LogP contribution < -0.4 is 4.74 Å². The minimum absolute atomic E-state index is 0.0470. The van der Waals surface area contributed by atoms with Crippen molar-refractivity contribution in [3.63, 3.8) is 0 Å². The molecule has 2 aromatic heterocycles. The second-order valence-corrected chi connectivity index (χ2v) is 8.61. The highest BCUT2D eigenvalue weighted by Crippen LogP contribution is 2.28. The molecule has 164 valence electrons. The van der Waals surface area contributed by atoms with Gasteiger partial charge in [-0.2, -0.15) is 5.10 Å². The highest BCUT2D eigenvalue weighted by Gasteiger charge is 2.29. The molecule has 1 aliphatic rings. The number of halogens is 1. The van der Waals surface area contributed by atoms with Gasteiger partial charge in [0.05, 0.1) is 29.7 Å². The Kier molecular flexibility index (Phi) is 5.57. The van der Waals surface area contributed by atoms with Gasteiger partial charge in [0.25, 0.3) is 5.91 Å². The maximum atomic E-state index is 13.0. The standard InChI is InChI=1S/C24H24ClN5O2/c1-29-15-26-22-11-16(5-6-23(22)29)24(31)30-9-7-17(14-30)21-13-19(27-28-21)8-10-32-20-4-2-3-18(25)12-20/h2-6,11-13,15,17H,7-10,14H2,1H3,(H,27,28)/t17-/m1/s1. The molecule has 0 radical (unpaired) electrons. The molecule has 0 aliphatic carbocycles. The summed E-state index contributed by atoms with van der Waals surface area (Å²) in [4.78, 5) is 19.3. The zero-order valence-corrected chi connectivity index (χ0v) is 18.5. The van der Waals surface area contributed by atoms with Gasteiger partial charge in [0.2, 0.25) is 0 Å². The number of nitrogens with zero attached hydrogens (tertiary/aromatic N) is 4. The number of carbonyl (C=O) groups is 1. The first-order valence-corrected chi connectivity index (χ1v) is 11.1. The fourth-order valence-electron chi connectivity index (χ4n) is 4.19. The molecule has 1 saturated heterocycles. The first-order valence-electron chi connectivity index (χ1n) is 10.7. The van der Waals surface area contributed by atoms with Crippen LogP contribution in [0.4, 0.5) is 0 Å². The van der Waals surface area contributed by atoms with Gasteiger partial charge in [-0.15, -0.1) is 0 Å². The van der Waals surface area contributed by atoms with Gasteiger partial charge in [-0.05, 0) is 48.9 Å². The first-order chi connectivity index (χ1) is 15.6. The van der Waals surface area contributed by atoms with E-state index in [1.807, 2.05) is 52.9 Å². The summed E-state index contributed by atoms with van der Waals surface area (Å²) >= 11 is 5.99. The van der Waals surface area contributed by atoms with Crippen LogP contribution in [0.1, 0.15) is 34.1 Å². The predicted octanol–water partition coefficient (Wildman–Crippen LogP) is 4.20. The van der Waals surface area contributed by atoms with Gasteiger partial charge in [-0.3, -0.25) is 9.89 Å². The molecule has 1 amide bonds. The van der Waals surface area contributed by atoms with Crippen LogP contribution in [-0.2, 0) is 13.5 Å². The van der Waals surface area contributed by atoms with Crippen molar-refractivity contribution < 1.29 is 9.53 Å². The normalized spacial score (nSPS) is 16.1. The number of aromatic amines is 1.